The number of nitrogens with zero attached hydrogens (tertiary/aromatic N) is 2. The molecule has 0 aliphatic heterocycles. The summed E-state index contributed by atoms with van der Waals surface area (Å²) in [4.78, 5) is 29.9. The van der Waals surface area contributed by atoms with Crippen molar-refractivity contribution in [2.45, 2.75) is 43.8 Å². The molecule has 1 N–H and O–H groups in total. The van der Waals surface area contributed by atoms with Crippen LogP contribution in [0.2, 0.25) is 5.02 Å². The van der Waals surface area contributed by atoms with Crippen LogP contribution in [0.4, 0.5) is 0 Å². The minimum absolute atomic E-state index is 0.0917. The van der Waals surface area contributed by atoms with Crippen LogP contribution in [0.1, 0.15) is 32.6 Å². The molecule has 1 aromatic carbocycles. The van der Waals surface area contributed by atoms with E-state index in [0.29, 0.717) is 33.4 Å². The number of amides is 1. The molecule has 3 rings (SSSR count). The molecule has 0 aliphatic carbocycles. The summed E-state index contributed by atoms with van der Waals surface area (Å²) in [6, 6.07) is 8.49. The Balaban J connectivity index is 1.87. The van der Waals surface area contributed by atoms with Crippen molar-refractivity contribution in [3.8, 4) is 0 Å². The fourth-order valence-corrected chi connectivity index (χ4v) is 3.86. The van der Waals surface area contributed by atoms with Crippen molar-refractivity contribution < 1.29 is 9.21 Å². The molecule has 0 radical (unpaired) electrons. The van der Waals surface area contributed by atoms with Gasteiger partial charge in [0, 0.05) is 11.1 Å². The molecule has 0 saturated heterocycles. The summed E-state index contributed by atoms with van der Waals surface area (Å²) in [7, 11) is 0. The van der Waals surface area contributed by atoms with Gasteiger partial charge in [-0.25, -0.2) is 4.98 Å². The Bertz CT molecular complexity index is 1010. The Morgan fingerprint density at radius 1 is 1.33 bits per heavy atom. The van der Waals surface area contributed by atoms with E-state index in [1.807, 2.05) is 13.8 Å². The number of rotatable bonds is 6. The number of nitrogens with one attached hydrogen (secondary N) is 1. The van der Waals surface area contributed by atoms with Gasteiger partial charge in [-0.15, -0.1) is 0 Å². The second kappa shape index (κ2) is 8.19. The maximum atomic E-state index is 12.9. The Morgan fingerprint density at radius 2 is 2.11 bits per heavy atom. The summed E-state index contributed by atoms with van der Waals surface area (Å²) in [6.07, 6.45) is 1.56. The zero-order valence-corrected chi connectivity index (χ0v) is 16.8. The summed E-state index contributed by atoms with van der Waals surface area (Å²) < 4.78 is 6.82. The molecule has 0 fully saturated rings. The van der Waals surface area contributed by atoms with Crippen LogP contribution in [0, 0.1) is 0 Å². The first-order valence-electron chi connectivity index (χ1n) is 8.55. The molecule has 2 aromatic heterocycles. The monoisotopic (exact) mass is 405 g/mol. The Labute approximate surface area is 165 Å². The zero-order valence-electron chi connectivity index (χ0n) is 15.2. The molecule has 3 aromatic rings. The molecule has 0 saturated carbocycles. The van der Waals surface area contributed by atoms with Gasteiger partial charge in [0.25, 0.3) is 5.56 Å². The average molecular weight is 406 g/mol. The van der Waals surface area contributed by atoms with Crippen LogP contribution in [-0.2, 0) is 11.3 Å². The van der Waals surface area contributed by atoms with Crippen molar-refractivity contribution in [3.63, 3.8) is 0 Å². The number of benzene rings is 1. The predicted octanol–water partition coefficient (Wildman–Crippen LogP) is 4.02. The van der Waals surface area contributed by atoms with Crippen LogP contribution >= 0.6 is 23.4 Å². The fraction of sp³-hybridized carbons (Fsp3) is 0.316. The molecule has 142 valence electrons. The van der Waals surface area contributed by atoms with E-state index in [4.69, 9.17) is 16.0 Å². The van der Waals surface area contributed by atoms with Crippen molar-refractivity contribution in [1.82, 2.24) is 14.9 Å². The summed E-state index contributed by atoms with van der Waals surface area (Å²) in [5, 5.41) is 3.90. The Morgan fingerprint density at radius 3 is 2.78 bits per heavy atom. The first-order chi connectivity index (χ1) is 12.9. The second-order valence-corrected chi connectivity index (χ2v) is 8.13. The number of carbonyl (C=O) groups excluding carboxylic acids is 1. The smallest absolute Gasteiger partial charge is 0.262 e. The number of fused-ring (bicyclic) bond motifs is 1. The molecule has 2 heterocycles. The number of carbonyl (C=O) groups is 1. The van der Waals surface area contributed by atoms with Gasteiger partial charge in [-0.2, -0.15) is 0 Å². The standard InChI is InChI=1S/C19H20ClN3O3S/c1-11(2)23-18(25)15-7-6-13(20)9-16(15)22-19(23)27-12(3)17(24)21-10-14-5-4-8-26-14/h4-9,11-12H,10H2,1-3H3,(H,21,24)/t12-/m1/s1. The average Bonchev–Trinajstić information content (AvgIpc) is 3.12. The van der Waals surface area contributed by atoms with Crippen molar-refractivity contribution in [2.75, 3.05) is 0 Å². The number of hydrogen-bond donors (Lipinski definition) is 1. The van der Waals surface area contributed by atoms with Crippen LogP contribution in [0.25, 0.3) is 10.9 Å². The van der Waals surface area contributed by atoms with Gasteiger partial charge in [0.1, 0.15) is 5.76 Å². The molecule has 6 nitrogen and oxygen atoms in total. The van der Waals surface area contributed by atoms with E-state index in [1.165, 1.54) is 11.8 Å². The van der Waals surface area contributed by atoms with E-state index in [-0.39, 0.29) is 17.5 Å². The number of aromatic nitrogens is 2. The predicted molar refractivity (Wildman–Crippen MR) is 107 cm³/mol. The molecule has 1 atom stereocenters. The van der Waals surface area contributed by atoms with E-state index >= 15 is 0 Å². The molecule has 0 bridgehead atoms. The number of hydrogen-bond acceptors (Lipinski definition) is 5. The Kier molecular flexibility index (Phi) is 5.92. The van der Waals surface area contributed by atoms with Crippen molar-refractivity contribution in [3.05, 3.63) is 57.7 Å². The van der Waals surface area contributed by atoms with E-state index in [1.54, 1.807) is 48.1 Å². The minimum atomic E-state index is -0.437. The summed E-state index contributed by atoms with van der Waals surface area (Å²) in [5.41, 5.74) is 0.382. The lowest BCUT2D eigenvalue weighted by Gasteiger charge is -2.18. The third kappa shape index (κ3) is 4.36. The lowest BCUT2D eigenvalue weighted by Crippen LogP contribution is -2.32. The van der Waals surface area contributed by atoms with Crippen LogP contribution in [-0.4, -0.2) is 20.7 Å². The topological polar surface area (TPSA) is 77.1 Å². The fourth-order valence-electron chi connectivity index (χ4n) is 2.63. The first kappa shape index (κ1) is 19.5. The van der Waals surface area contributed by atoms with Gasteiger partial charge in [0.2, 0.25) is 5.91 Å². The summed E-state index contributed by atoms with van der Waals surface area (Å²) >= 11 is 7.29. The maximum absolute atomic E-state index is 12.9. The lowest BCUT2D eigenvalue weighted by molar-refractivity contribution is -0.120. The molecule has 1 amide bonds. The minimum Gasteiger partial charge on any atom is -0.467 e. The van der Waals surface area contributed by atoms with E-state index < -0.39 is 5.25 Å². The summed E-state index contributed by atoms with van der Waals surface area (Å²) in [6.45, 7) is 5.92. The molecular weight excluding hydrogens is 386 g/mol. The van der Waals surface area contributed by atoms with Gasteiger partial charge in [-0.3, -0.25) is 14.2 Å². The van der Waals surface area contributed by atoms with Crippen molar-refractivity contribution >= 4 is 40.2 Å². The van der Waals surface area contributed by atoms with E-state index in [9.17, 15) is 9.59 Å². The van der Waals surface area contributed by atoms with Crippen LogP contribution in [0.15, 0.2) is 51.0 Å². The third-order valence-electron chi connectivity index (χ3n) is 4.02. The van der Waals surface area contributed by atoms with Crippen molar-refractivity contribution in [1.29, 1.82) is 0 Å². The molecule has 0 aliphatic rings. The van der Waals surface area contributed by atoms with Gasteiger partial charge in [0.15, 0.2) is 5.16 Å². The number of furan rings is 1. The maximum Gasteiger partial charge on any atom is 0.262 e. The van der Waals surface area contributed by atoms with Crippen LogP contribution in [0.5, 0.6) is 0 Å². The van der Waals surface area contributed by atoms with Crippen molar-refractivity contribution in [2.24, 2.45) is 0 Å². The molecule has 8 heteroatoms. The Hall–Kier alpha value is -2.25. The van der Waals surface area contributed by atoms with E-state index in [0.717, 1.165) is 0 Å². The van der Waals surface area contributed by atoms with Gasteiger partial charge in [-0.05, 0) is 51.1 Å². The van der Waals surface area contributed by atoms with Crippen LogP contribution in [0.3, 0.4) is 0 Å². The zero-order chi connectivity index (χ0) is 19.6. The summed E-state index contributed by atoms with van der Waals surface area (Å²) in [5.74, 6) is 0.519. The molecule has 0 unspecified atom stereocenters. The lowest BCUT2D eigenvalue weighted by atomic mass is 10.2. The highest BCUT2D eigenvalue weighted by Gasteiger charge is 2.20. The van der Waals surface area contributed by atoms with Gasteiger partial charge in [0.05, 0.1) is 29.0 Å². The largest absolute Gasteiger partial charge is 0.467 e. The highest BCUT2D eigenvalue weighted by molar-refractivity contribution is 8.00. The molecule has 0 spiro atoms. The normalized spacial score (nSPS) is 12.5. The second-order valence-electron chi connectivity index (χ2n) is 6.38. The van der Waals surface area contributed by atoms with Gasteiger partial charge < -0.3 is 9.73 Å². The van der Waals surface area contributed by atoms with Gasteiger partial charge in [-0.1, -0.05) is 23.4 Å². The van der Waals surface area contributed by atoms with Crippen LogP contribution < -0.4 is 10.9 Å². The molecular formula is C19H20ClN3O3S. The first-order valence-corrected chi connectivity index (χ1v) is 9.81. The van der Waals surface area contributed by atoms with E-state index in [2.05, 4.69) is 10.3 Å². The molecule has 27 heavy (non-hydrogen) atoms. The number of thioether (sulfide) groups is 1. The SMILES string of the molecule is CC(C)n1c(S[C@H](C)C(=O)NCc2ccco2)nc2cc(Cl)ccc2c1=O. The quantitative estimate of drug-likeness (QED) is 0.495. The number of halogens is 1. The highest BCUT2D eigenvalue weighted by atomic mass is 35.5. The third-order valence-corrected chi connectivity index (χ3v) is 5.32. The highest BCUT2D eigenvalue weighted by Crippen LogP contribution is 2.26. The van der Waals surface area contributed by atoms with Gasteiger partial charge >= 0.3 is 0 Å².